The largest absolute Gasteiger partial charge is 0.497 e. The number of hydrogen-bond donors (Lipinski definition) is 1. The molecule has 0 saturated heterocycles. The molecule has 0 fully saturated rings. The van der Waals surface area contributed by atoms with E-state index in [9.17, 15) is 0 Å². The summed E-state index contributed by atoms with van der Waals surface area (Å²) >= 11 is 0. The van der Waals surface area contributed by atoms with E-state index in [-0.39, 0.29) is 0 Å². The molecule has 0 atom stereocenters. The molecule has 142 valence electrons. The summed E-state index contributed by atoms with van der Waals surface area (Å²) in [6, 6.07) is 13.2. The average Bonchev–Trinajstić information content (AvgIpc) is 3.14. The van der Waals surface area contributed by atoms with Crippen LogP contribution in [0.4, 0.5) is 5.82 Å². The van der Waals surface area contributed by atoms with E-state index in [0.717, 1.165) is 17.0 Å². The van der Waals surface area contributed by atoms with Gasteiger partial charge in [-0.3, -0.25) is 4.57 Å². The number of rotatable bonds is 5. The van der Waals surface area contributed by atoms with Gasteiger partial charge in [-0.25, -0.2) is 15.0 Å². The normalized spacial score (nSPS) is 10.8. The number of imidazole rings is 1. The van der Waals surface area contributed by atoms with Crippen molar-refractivity contribution in [3.8, 4) is 34.3 Å². The zero-order valence-electron chi connectivity index (χ0n) is 15.7. The smallest absolute Gasteiger partial charge is 0.170 e. The van der Waals surface area contributed by atoms with Crippen LogP contribution in [0, 0.1) is 0 Å². The first kappa shape index (κ1) is 17.6. The highest BCUT2D eigenvalue weighted by atomic mass is 16.5. The van der Waals surface area contributed by atoms with E-state index in [1.807, 2.05) is 47.0 Å². The maximum Gasteiger partial charge on any atom is 0.170 e. The summed E-state index contributed by atoms with van der Waals surface area (Å²) in [4.78, 5) is 13.2. The van der Waals surface area contributed by atoms with Gasteiger partial charge >= 0.3 is 0 Å². The van der Waals surface area contributed by atoms with Crippen LogP contribution in [-0.4, -0.2) is 40.8 Å². The second kappa shape index (κ2) is 7.07. The third kappa shape index (κ3) is 2.84. The number of aromatic nitrogens is 4. The van der Waals surface area contributed by atoms with Crippen LogP contribution in [0.15, 0.2) is 48.8 Å². The Kier molecular flexibility index (Phi) is 4.44. The van der Waals surface area contributed by atoms with Crippen molar-refractivity contribution in [1.29, 1.82) is 0 Å². The van der Waals surface area contributed by atoms with Gasteiger partial charge in [-0.2, -0.15) is 0 Å². The molecule has 4 rings (SSSR count). The third-order valence-electron chi connectivity index (χ3n) is 4.45. The van der Waals surface area contributed by atoms with Crippen molar-refractivity contribution >= 4 is 17.0 Å². The first-order valence-corrected chi connectivity index (χ1v) is 8.52. The standard InChI is InChI=1S/C20H19N5O3/c1-26-14-7-4-12(5-8-14)19-24-17-18(21)22-11-23-20(17)25(19)13-6-9-15(27-2)16(10-13)28-3/h4-11H,1-3H3,(H2,21,22,23). The predicted octanol–water partition coefficient (Wildman–Crippen LogP) is 3.09. The molecule has 4 aromatic rings. The number of nitrogen functional groups attached to an aromatic ring is 1. The minimum Gasteiger partial charge on any atom is -0.497 e. The lowest BCUT2D eigenvalue weighted by atomic mass is 10.2. The van der Waals surface area contributed by atoms with Gasteiger partial charge in [-0.05, 0) is 36.4 Å². The topological polar surface area (TPSA) is 97.3 Å². The van der Waals surface area contributed by atoms with Crippen LogP contribution in [0.5, 0.6) is 17.2 Å². The van der Waals surface area contributed by atoms with Crippen LogP contribution < -0.4 is 19.9 Å². The first-order chi connectivity index (χ1) is 13.7. The molecule has 8 nitrogen and oxygen atoms in total. The minimum atomic E-state index is 0.319. The molecule has 2 heterocycles. The summed E-state index contributed by atoms with van der Waals surface area (Å²) in [5, 5.41) is 0. The minimum absolute atomic E-state index is 0.319. The Bertz CT molecular complexity index is 1140. The van der Waals surface area contributed by atoms with Crippen LogP contribution in [0.1, 0.15) is 0 Å². The number of hydrogen-bond acceptors (Lipinski definition) is 7. The molecule has 2 N–H and O–H groups in total. The third-order valence-corrected chi connectivity index (χ3v) is 4.45. The first-order valence-electron chi connectivity index (χ1n) is 8.52. The number of ether oxygens (including phenoxy) is 3. The second-order valence-electron chi connectivity index (χ2n) is 5.97. The van der Waals surface area contributed by atoms with Gasteiger partial charge in [0.2, 0.25) is 0 Å². The Hall–Kier alpha value is -3.81. The molecule has 0 saturated carbocycles. The Balaban J connectivity index is 1.99. The van der Waals surface area contributed by atoms with E-state index in [1.54, 1.807) is 21.3 Å². The van der Waals surface area contributed by atoms with Gasteiger partial charge in [0, 0.05) is 11.6 Å². The summed E-state index contributed by atoms with van der Waals surface area (Å²) in [7, 11) is 4.82. The van der Waals surface area contributed by atoms with Crippen molar-refractivity contribution in [2.75, 3.05) is 27.1 Å². The Labute approximate surface area is 161 Å². The SMILES string of the molecule is COc1ccc(-c2nc3c(N)ncnc3n2-c2ccc(OC)c(OC)c2)cc1. The molecule has 0 aliphatic rings. The van der Waals surface area contributed by atoms with Gasteiger partial charge < -0.3 is 19.9 Å². The summed E-state index contributed by atoms with van der Waals surface area (Å²) in [6.07, 6.45) is 1.43. The maximum absolute atomic E-state index is 6.05. The highest BCUT2D eigenvalue weighted by Crippen LogP contribution is 2.34. The van der Waals surface area contributed by atoms with Crippen LogP contribution in [-0.2, 0) is 0 Å². The zero-order chi connectivity index (χ0) is 19.7. The van der Waals surface area contributed by atoms with Gasteiger partial charge in [0.15, 0.2) is 28.5 Å². The summed E-state index contributed by atoms with van der Waals surface area (Å²) in [5.74, 6) is 2.99. The van der Waals surface area contributed by atoms with Gasteiger partial charge in [0.1, 0.15) is 17.9 Å². The van der Waals surface area contributed by atoms with Gasteiger partial charge in [-0.1, -0.05) is 0 Å². The fraction of sp³-hybridized carbons (Fsp3) is 0.150. The number of fused-ring (bicyclic) bond motifs is 1. The molecular weight excluding hydrogens is 358 g/mol. The highest BCUT2D eigenvalue weighted by molar-refractivity contribution is 5.87. The zero-order valence-corrected chi connectivity index (χ0v) is 15.7. The fourth-order valence-electron chi connectivity index (χ4n) is 3.05. The van der Waals surface area contributed by atoms with E-state index in [4.69, 9.17) is 24.9 Å². The summed E-state index contributed by atoms with van der Waals surface area (Å²) < 4.78 is 18.0. The number of nitrogens with zero attached hydrogens (tertiary/aromatic N) is 4. The van der Waals surface area contributed by atoms with Gasteiger partial charge in [0.05, 0.1) is 27.0 Å². The Morgan fingerprint density at radius 1 is 0.857 bits per heavy atom. The number of nitrogens with two attached hydrogens (primary N) is 1. The Morgan fingerprint density at radius 2 is 1.61 bits per heavy atom. The molecule has 8 heteroatoms. The molecule has 2 aromatic heterocycles. The van der Waals surface area contributed by atoms with E-state index in [0.29, 0.717) is 34.3 Å². The molecule has 28 heavy (non-hydrogen) atoms. The van der Waals surface area contributed by atoms with Crippen LogP contribution in [0.2, 0.25) is 0 Å². The average molecular weight is 377 g/mol. The van der Waals surface area contributed by atoms with Crippen molar-refractivity contribution in [2.45, 2.75) is 0 Å². The quantitative estimate of drug-likeness (QED) is 0.571. The van der Waals surface area contributed by atoms with Crippen molar-refractivity contribution in [2.24, 2.45) is 0 Å². The number of benzene rings is 2. The molecule has 2 aromatic carbocycles. The molecular formula is C20H19N5O3. The second-order valence-corrected chi connectivity index (χ2v) is 5.97. The number of methoxy groups -OCH3 is 3. The lowest BCUT2D eigenvalue weighted by Gasteiger charge is -2.13. The van der Waals surface area contributed by atoms with Crippen molar-refractivity contribution in [1.82, 2.24) is 19.5 Å². The molecule has 0 radical (unpaired) electrons. The van der Waals surface area contributed by atoms with Crippen LogP contribution in [0.25, 0.3) is 28.2 Å². The summed E-state index contributed by atoms with van der Waals surface area (Å²) in [6.45, 7) is 0. The van der Waals surface area contributed by atoms with E-state index >= 15 is 0 Å². The van der Waals surface area contributed by atoms with Crippen LogP contribution >= 0.6 is 0 Å². The van der Waals surface area contributed by atoms with E-state index in [1.165, 1.54) is 6.33 Å². The molecule has 0 aliphatic heterocycles. The lowest BCUT2D eigenvalue weighted by Crippen LogP contribution is -2.01. The number of anilines is 1. The molecule has 0 aliphatic carbocycles. The van der Waals surface area contributed by atoms with Gasteiger partial charge in [0.25, 0.3) is 0 Å². The molecule has 0 spiro atoms. The van der Waals surface area contributed by atoms with Crippen molar-refractivity contribution < 1.29 is 14.2 Å². The highest BCUT2D eigenvalue weighted by Gasteiger charge is 2.19. The predicted molar refractivity (Wildman–Crippen MR) is 106 cm³/mol. The molecule has 0 amide bonds. The van der Waals surface area contributed by atoms with Gasteiger partial charge in [-0.15, -0.1) is 0 Å². The van der Waals surface area contributed by atoms with E-state index < -0.39 is 0 Å². The lowest BCUT2D eigenvalue weighted by molar-refractivity contribution is 0.355. The van der Waals surface area contributed by atoms with Crippen LogP contribution in [0.3, 0.4) is 0 Å². The maximum atomic E-state index is 6.05. The molecule has 0 bridgehead atoms. The monoisotopic (exact) mass is 377 g/mol. The van der Waals surface area contributed by atoms with Crippen molar-refractivity contribution in [3.63, 3.8) is 0 Å². The fourth-order valence-corrected chi connectivity index (χ4v) is 3.05. The summed E-state index contributed by atoms with van der Waals surface area (Å²) in [5.41, 5.74) is 8.88. The molecule has 0 unspecified atom stereocenters. The Morgan fingerprint density at radius 3 is 2.29 bits per heavy atom. The van der Waals surface area contributed by atoms with Crippen molar-refractivity contribution in [3.05, 3.63) is 48.8 Å². The van der Waals surface area contributed by atoms with E-state index in [2.05, 4.69) is 9.97 Å².